The Labute approximate surface area is 199 Å². The number of aromatic nitrogens is 1. The number of nitrogens with one attached hydrogen (secondary N) is 1. The highest BCUT2D eigenvalue weighted by Gasteiger charge is 2.29. The molecule has 3 atom stereocenters. The molecule has 0 aliphatic carbocycles. The minimum Gasteiger partial charge on any atom is -0.493 e. The third-order valence-electron chi connectivity index (χ3n) is 4.69. The van der Waals surface area contributed by atoms with Crippen LogP contribution < -0.4 is 19.5 Å². The Morgan fingerprint density at radius 3 is 2.30 bits per heavy atom. The number of thiocarbonyl (C=S) groups is 1. The number of benzene rings is 1. The fourth-order valence-electron chi connectivity index (χ4n) is 3.11. The average molecular weight is 475 g/mol. The summed E-state index contributed by atoms with van der Waals surface area (Å²) in [6.07, 6.45) is 0.614. The van der Waals surface area contributed by atoms with Crippen LogP contribution in [0.15, 0.2) is 42.6 Å². The van der Waals surface area contributed by atoms with E-state index in [0.717, 1.165) is 0 Å². The van der Waals surface area contributed by atoms with Gasteiger partial charge < -0.3 is 24.3 Å². The Morgan fingerprint density at radius 2 is 1.73 bits per heavy atom. The zero-order valence-corrected chi connectivity index (χ0v) is 20.5. The number of nitrogens with zero attached hydrogens (tertiary/aromatic N) is 1. The number of methoxy groups -OCH3 is 1. The molecule has 0 saturated carbocycles. The fourth-order valence-corrected chi connectivity index (χ4v) is 3.43. The lowest BCUT2D eigenvalue weighted by molar-refractivity contribution is -0.158. The standard InChI is InChI=1S/C24H30N2O6S/c1-14(2)21(16(4)30-18-10-8-7-9-11-18)32-24(28)15(3)26-23(33)20-22(31-17(5)27)19(29-6)12-13-25-20/h7-16,21H,1-6H3,(H,26,33)/t15-,16-,21?/m0/s1. The van der Waals surface area contributed by atoms with Gasteiger partial charge in [0.05, 0.1) is 7.11 Å². The zero-order valence-electron chi connectivity index (χ0n) is 19.7. The molecule has 0 fully saturated rings. The second-order valence-corrected chi connectivity index (χ2v) is 8.17. The van der Waals surface area contributed by atoms with Crippen LogP contribution in [-0.2, 0) is 14.3 Å². The van der Waals surface area contributed by atoms with Gasteiger partial charge in [0.2, 0.25) is 5.75 Å². The van der Waals surface area contributed by atoms with E-state index in [1.165, 1.54) is 20.2 Å². The first-order valence-electron chi connectivity index (χ1n) is 10.6. The van der Waals surface area contributed by atoms with Crippen molar-refractivity contribution in [2.75, 3.05) is 7.11 Å². The molecule has 33 heavy (non-hydrogen) atoms. The maximum atomic E-state index is 12.8. The molecule has 2 rings (SSSR count). The van der Waals surface area contributed by atoms with Crippen molar-refractivity contribution in [3.8, 4) is 17.2 Å². The second-order valence-electron chi connectivity index (χ2n) is 7.76. The van der Waals surface area contributed by atoms with Crippen LogP contribution >= 0.6 is 12.2 Å². The van der Waals surface area contributed by atoms with Crippen LogP contribution in [0.4, 0.5) is 0 Å². The van der Waals surface area contributed by atoms with Crippen molar-refractivity contribution >= 4 is 29.1 Å². The first kappa shape index (κ1) is 26.1. The molecule has 0 radical (unpaired) electrons. The molecule has 1 aromatic heterocycles. The third-order valence-corrected chi connectivity index (χ3v) is 5.00. The van der Waals surface area contributed by atoms with E-state index in [1.807, 2.05) is 51.1 Å². The number of esters is 2. The number of rotatable bonds is 10. The molecule has 0 amide bonds. The molecular formula is C24H30N2O6S. The van der Waals surface area contributed by atoms with Crippen molar-refractivity contribution in [3.63, 3.8) is 0 Å². The van der Waals surface area contributed by atoms with Crippen LogP contribution in [0.3, 0.4) is 0 Å². The number of ether oxygens (including phenoxy) is 4. The molecule has 0 spiro atoms. The topological polar surface area (TPSA) is 96.0 Å². The summed E-state index contributed by atoms with van der Waals surface area (Å²) < 4.78 is 22.2. The van der Waals surface area contributed by atoms with E-state index in [1.54, 1.807) is 13.0 Å². The Balaban J connectivity index is 2.09. The quantitative estimate of drug-likeness (QED) is 0.408. The molecule has 9 heteroatoms. The van der Waals surface area contributed by atoms with E-state index in [9.17, 15) is 9.59 Å². The normalized spacial score (nSPS) is 13.4. The molecule has 0 aliphatic rings. The number of pyridine rings is 1. The highest BCUT2D eigenvalue weighted by molar-refractivity contribution is 7.80. The molecule has 2 aromatic rings. The van der Waals surface area contributed by atoms with Gasteiger partial charge >= 0.3 is 11.9 Å². The molecule has 1 unspecified atom stereocenters. The third kappa shape index (κ3) is 7.42. The maximum absolute atomic E-state index is 12.8. The van der Waals surface area contributed by atoms with Gasteiger partial charge in [-0.2, -0.15) is 0 Å². The van der Waals surface area contributed by atoms with Crippen molar-refractivity contribution in [1.82, 2.24) is 10.3 Å². The molecule has 0 bridgehead atoms. The Kier molecular flexibility index (Phi) is 9.59. The number of hydrogen-bond donors (Lipinski definition) is 1. The number of carbonyl (C=O) groups excluding carboxylic acids is 2. The van der Waals surface area contributed by atoms with E-state index >= 15 is 0 Å². The molecule has 0 aliphatic heterocycles. The lowest BCUT2D eigenvalue weighted by Crippen LogP contribution is -2.44. The van der Waals surface area contributed by atoms with Crippen molar-refractivity contribution in [2.24, 2.45) is 5.92 Å². The highest BCUT2D eigenvalue weighted by atomic mass is 32.1. The first-order chi connectivity index (χ1) is 15.6. The SMILES string of the molecule is COc1ccnc(C(=S)N[C@@H](C)C(=O)OC(C(C)C)[C@H](C)Oc2ccccc2)c1OC(C)=O. The first-order valence-corrected chi connectivity index (χ1v) is 11.0. The average Bonchev–Trinajstić information content (AvgIpc) is 2.77. The number of para-hydroxylation sites is 1. The lowest BCUT2D eigenvalue weighted by Gasteiger charge is -2.29. The minimum atomic E-state index is -0.791. The summed E-state index contributed by atoms with van der Waals surface area (Å²) in [5, 5.41) is 2.90. The molecular weight excluding hydrogens is 444 g/mol. The molecule has 1 aromatic carbocycles. The van der Waals surface area contributed by atoms with Crippen LogP contribution in [-0.4, -0.2) is 47.3 Å². The van der Waals surface area contributed by atoms with Gasteiger partial charge in [0.25, 0.3) is 0 Å². The molecule has 1 heterocycles. The lowest BCUT2D eigenvalue weighted by atomic mass is 10.0. The van der Waals surface area contributed by atoms with Gasteiger partial charge in [-0.3, -0.25) is 4.79 Å². The fraction of sp³-hybridized carbons (Fsp3) is 0.417. The largest absolute Gasteiger partial charge is 0.493 e. The maximum Gasteiger partial charge on any atom is 0.328 e. The summed E-state index contributed by atoms with van der Waals surface area (Å²) in [7, 11) is 1.44. The predicted octanol–water partition coefficient (Wildman–Crippen LogP) is 3.70. The molecule has 1 N–H and O–H groups in total. The Bertz CT molecular complexity index is 967. The van der Waals surface area contributed by atoms with Crippen molar-refractivity contribution in [3.05, 3.63) is 48.3 Å². The van der Waals surface area contributed by atoms with Crippen LogP contribution in [0.1, 0.15) is 40.3 Å². The monoisotopic (exact) mass is 474 g/mol. The van der Waals surface area contributed by atoms with E-state index < -0.39 is 24.1 Å². The summed E-state index contributed by atoms with van der Waals surface area (Å²) in [6.45, 7) is 8.66. The van der Waals surface area contributed by atoms with Crippen LogP contribution in [0.5, 0.6) is 17.2 Å². The summed E-state index contributed by atoms with van der Waals surface area (Å²) in [6, 6.07) is 10.1. The van der Waals surface area contributed by atoms with Crippen molar-refractivity contribution in [1.29, 1.82) is 0 Å². The van der Waals surface area contributed by atoms with Gasteiger partial charge in [-0.05, 0) is 31.9 Å². The highest BCUT2D eigenvalue weighted by Crippen LogP contribution is 2.30. The van der Waals surface area contributed by atoms with Gasteiger partial charge in [0, 0.05) is 19.2 Å². The second kappa shape index (κ2) is 12.2. The van der Waals surface area contributed by atoms with E-state index in [0.29, 0.717) is 11.5 Å². The van der Waals surface area contributed by atoms with Crippen molar-refractivity contribution in [2.45, 2.75) is 52.9 Å². The summed E-state index contributed by atoms with van der Waals surface area (Å²) in [5.74, 6) is 0.0295. The van der Waals surface area contributed by atoms with Crippen LogP contribution in [0.25, 0.3) is 0 Å². The minimum absolute atomic E-state index is 0.0161. The molecule has 0 saturated heterocycles. The summed E-state index contributed by atoms with van der Waals surface area (Å²) in [5.41, 5.74) is 0.181. The zero-order chi connectivity index (χ0) is 24.5. The smallest absolute Gasteiger partial charge is 0.328 e. The summed E-state index contributed by atoms with van der Waals surface area (Å²) >= 11 is 5.41. The molecule has 8 nitrogen and oxygen atoms in total. The van der Waals surface area contributed by atoms with Gasteiger partial charge in [0.1, 0.15) is 34.7 Å². The van der Waals surface area contributed by atoms with Gasteiger partial charge in [0.15, 0.2) is 5.75 Å². The Morgan fingerprint density at radius 1 is 1.06 bits per heavy atom. The predicted molar refractivity (Wildman–Crippen MR) is 128 cm³/mol. The van der Waals surface area contributed by atoms with Crippen LogP contribution in [0, 0.1) is 5.92 Å². The van der Waals surface area contributed by atoms with Gasteiger partial charge in [-0.25, -0.2) is 9.78 Å². The van der Waals surface area contributed by atoms with E-state index in [4.69, 9.17) is 31.2 Å². The van der Waals surface area contributed by atoms with Crippen molar-refractivity contribution < 1.29 is 28.5 Å². The summed E-state index contributed by atoms with van der Waals surface area (Å²) in [4.78, 5) is 28.6. The Hall–Kier alpha value is -3.20. The number of carbonyl (C=O) groups is 2. The van der Waals surface area contributed by atoms with E-state index in [-0.39, 0.29) is 28.5 Å². The van der Waals surface area contributed by atoms with Gasteiger partial charge in [-0.15, -0.1) is 0 Å². The van der Waals surface area contributed by atoms with Crippen LogP contribution in [0.2, 0.25) is 0 Å². The van der Waals surface area contributed by atoms with Gasteiger partial charge in [-0.1, -0.05) is 44.3 Å². The number of hydrogen-bond acceptors (Lipinski definition) is 8. The molecule has 178 valence electrons. The van der Waals surface area contributed by atoms with E-state index in [2.05, 4.69) is 10.3 Å².